The number of aliphatic imine (C=N–C) groups is 1. The van der Waals surface area contributed by atoms with Crippen molar-refractivity contribution in [1.29, 1.82) is 0 Å². The summed E-state index contributed by atoms with van der Waals surface area (Å²) in [5.41, 5.74) is 5.03. The van der Waals surface area contributed by atoms with Crippen LogP contribution in [0.2, 0.25) is 0 Å². The standard InChI is InChI=1S/C30H24F2N2O/c1-2-20-8-10-22(11-9-20)30(35)34-28-17-14-24(32)18-26(28)27(33-25-15-12-23(31)13-16-25)19-29(34)21-6-4-3-5-7-21/h3-18,29H,2,19H2,1H3. The third-order valence-corrected chi connectivity index (χ3v) is 6.33. The first-order chi connectivity index (χ1) is 17.0. The van der Waals surface area contributed by atoms with E-state index in [0.717, 1.165) is 17.5 Å². The van der Waals surface area contributed by atoms with Crippen molar-refractivity contribution in [2.24, 2.45) is 4.99 Å². The second-order valence-electron chi connectivity index (χ2n) is 8.55. The summed E-state index contributed by atoms with van der Waals surface area (Å²) in [5.74, 6) is -0.916. The molecule has 5 rings (SSSR count). The molecule has 0 fully saturated rings. The summed E-state index contributed by atoms with van der Waals surface area (Å²) in [5, 5.41) is 0. The highest BCUT2D eigenvalue weighted by atomic mass is 19.1. The van der Waals surface area contributed by atoms with Gasteiger partial charge in [0.2, 0.25) is 0 Å². The maximum absolute atomic E-state index is 14.4. The topological polar surface area (TPSA) is 32.7 Å². The van der Waals surface area contributed by atoms with Crippen LogP contribution in [-0.2, 0) is 6.42 Å². The average molecular weight is 467 g/mol. The first kappa shape index (κ1) is 22.7. The van der Waals surface area contributed by atoms with Gasteiger partial charge in [0.05, 0.1) is 23.1 Å². The van der Waals surface area contributed by atoms with Gasteiger partial charge in [-0.2, -0.15) is 0 Å². The van der Waals surface area contributed by atoms with E-state index in [2.05, 4.69) is 6.92 Å². The largest absolute Gasteiger partial charge is 0.300 e. The average Bonchev–Trinajstić information content (AvgIpc) is 2.90. The molecule has 0 aromatic heterocycles. The van der Waals surface area contributed by atoms with E-state index in [1.807, 2.05) is 54.6 Å². The monoisotopic (exact) mass is 466 g/mol. The van der Waals surface area contributed by atoms with Crippen LogP contribution in [0.3, 0.4) is 0 Å². The van der Waals surface area contributed by atoms with Crippen LogP contribution in [-0.4, -0.2) is 11.6 Å². The Morgan fingerprint density at radius 2 is 1.57 bits per heavy atom. The lowest BCUT2D eigenvalue weighted by atomic mass is 9.88. The van der Waals surface area contributed by atoms with Crippen LogP contribution in [0.15, 0.2) is 102 Å². The predicted molar refractivity (Wildman–Crippen MR) is 135 cm³/mol. The van der Waals surface area contributed by atoms with Crippen LogP contribution in [0, 0.1) is 11.6 Å². The molecule has 174 valence electrons. The molecule has 0 bridgehead atoms. The summed E-state index contributed by atoms with van der Waals surface area (Å²) in [6.45, 7) is 2.07. The molecule has 1 amide bonds. The van der Waals surface area contributed by atoms with E-state index in [4.69, 9.17) is 4.99 Å². The number of aryl methyl sites for hydroxylation is 1. The molecule has 0 spiro atoms. The zero-order valence-electron chi connectivity index (χ0n) is 19.3. The van der Waals surface area contributed by atoms with Crippen LogP contribution in [0.1, 0.15) is 46.4 Å². The van der Waals surface area contributed by atoms with E-state index in [-0.39, 0.29) is 17.8 Å². The summed E-state index contributed by atoms with van der Waals surface area (Å²) < 4.78 is 27.9. The molecular weight excluding hydrogens is 442 g/mol. The van der Waals surface area contributed by atoms with Gasteiger partial charge in [-0.05, 0) is 72.1 Å². The molecule has 1 unspecified atom stereocenters. The number of carbonyl (C=O) groups excluding carboxylic acids is 1. The first-order valence-electron chi connectivity index (χ1n) is 11.6. The Bertz CT molecular complexity index is 1380. The van der Waals surface area contributed by atoms with Gasteiger partial charge in [-0.25, -0.2) is 8.78 Å². The number of rotatable bonds is 4. The molecule has 4 aromatic carbocycles. The molecule has 4 aromatic rings. The number of halogens is 2. The SMILES string of the molecule is CCc1ccc(C(=O)N2c3ccc(F)cc3C(=Nc3ccc(F)cc3)CC2c2ccccc2)cc1. The van der Waals surface area contributed by atoms with Gasteiger partial charge in [-0.3, -0.25) is 14.7 Å². The van der Waals surface area contributed by atoms with Crippen LogP contribution >= 0.6 is 0 Å². The highest BCUT2D eigenvalue weighted by molar-refractivity contribution is 6.16. The van der Waals surface area contributed by atoms with Gasteiger partial charge in [0, 0.05) is 17.5 Å². The second-order valence-corrected chi connectivity index (χ2v) is 8.55. The van der Waals surface area contributed by atoms with Crippen molar-refractivity contribution in [2.75, 3.05) is 4.90 Å². The van der Waals surface area contributed by atoms with Gasteiger partial charge >= 0.3 is 0 Å². The maximum atomic E-state index is 14.4. The van der Waals surface area contributed by atoms with E-state index < -0.39 is 5.82 Å². The van der Waals surface area contributed by atoms with E-state index in [1.165, 1.54) is 24.3 Å². The van der Waals surface area contributed by atoms with Crippen LogP contribution < -0.4 is 4.90 Å². The predicted octanol–water partition coefficient (Wildman–Crippen LogP) is 7.44. The van der Waals surface area contributed by atoms with Gasteiger partial charge in [0.1, 0.15) is 11.6 Å². The van der Waals surface area contributed by atoms with Crippen molar-refractivity contribution in [3.63, 3.8) is 0 Å². The van der Waals surface area contributed by atoms with Crippen molar-refractivity contribution in [3.8, 4) is 0 Å². The molecule has 0 radical (unpaired) electrons. The van der Waals surface area contributed by atoms with Gasteiger partial charge in [-0.1, -0.05) is 49.4 Å². The number of nitrogens with zero attached hydrogens (tertiary/aromatic N) is 2. The number of fused-ring (bicyclic) bond motifs is 1. The summed E-state index contributed by atoms with van der Waals surface area (Å²) in [6.07, 6.45) is 1.27. The third kappa shape index (κ3) is 4.62. The number of anilines is 1. The van der Waals surface area contributed by atoms with Crippen LogP contribution in [0.25, 0.3) is 0 Å². The number of hydrogen-bond acceptors (Lipinski definition) is 2. The Labute approximate surface area is 203 Å². The molecule has 1 aliphatic heterocycles. The fraction of sp³-hybridized carbons (Fsp3) is 0.133. The summed E-state index contributed by atoms with van der Waals surface area (Å²) in [4.78, 5) is 20.4. The van der Waals surface area contributed by atoms with E-state index in [9.17, 15) is 13.6 Å². The fourth-order valence-corrected chi connectivity index (χ4v) is 4.49. The van der Waals surface area contributed by atoms with Gasteiger partial charge in [0.25, 0.3) is 5.91 Å². The molecule has 3 nitrogen and oxygen atoms in total. The van der Waals surface area contributed by atoms with E-state index in [0.29, 0.717) is 34.6 Å². The second kappa shape index (κ2) is 9.63. The number of carbonyl (C=O) groups is 1. The zero-order valence-corrected chi connectivity index (χ0v) is 19.3. The molecule has 0 N–H and O–H groups in total. The van der Waals surface area contributed by atoms with Gasteiger partial charge in [-0.15, -0.1) is 0 Å². The Kier molecular flexibility index (Phi) is 6.23. The molecule has 5 heteroatoms. The number of amides is 1. The molecule has 0 saturated carbocycles. The molecular formula is C30H24F2N2O. The fourth-order valence-electron chi connectivity index (χ4n) is 4.49. The molecule has 35 heavy (non-hydrogen) atoms. The first-order valence-corrected chi connectivity index (χ1v) is 11.6. The van der Waals surface area contributed by atoms with Crippen molar-refractivity contribution in [1.82, 2.24) is 0 Å². The Hall–Kier alpha value is -4.12. The van der Waals surface area contributed by atoms with Crippen molar-refractivity contribution < 1.29 is 13.6 Å². The highest BCUT2D eigenvalue weighted by Crippen LogP contribution is 2.41. The maximum Gasteiger partial charge on any atom is 0.258 e. The molecule has 1 aliphatic rings. The Morgan fingerprint density at radius 3 is 2.26 bits per heavy atom. The molecule has 0 saturated heterocycles. The lowest BCUT2D eigenvalue weighted by molar-refractivity contribution is 0.0976. The molecule has 0 aliphatic carbocycles. The van der Waals surface area contributed by atoms with E-state index in [1.54, 1.807) is 23.1 Å². The highest BCUT2D eigenvalue weighted by Gasteiger charge is 2.36. The number of benzene rings is 4. The zero-order chi connectivity index (χ0) is 24.4. The van der Waals surface area contributed by atoms with Crippen molar-refractivity contribution in [2.45, 2.75) is 25.8 Å². The van der Waals surface area contributed by atoms with Crippen LogP contribution in [0.4, 0.5) is 20.2 Å². The molecule has 1 atom stereocenters. The smallest absolute Gasteiger partial charge is 0.258 e. The normalized spacial score (nSPS) is 16.3. The Balaban J connectivity index is 1.67. The summed E-state index contributed by atoms with van der Waals surface area (Å²) in [6, 6.07) is 27.3. The summed E-state index contributed by atoms with van der Waals surface area (Å²) >= 11 is 0. The van der Waals surface area contributed by atoms with Crippen molar-refractivity contribution in [3.05, 3.63) is 131 Å². The van der Waals surface area contributed by atoms with Gasteiger partial charge < -0.3 is 0 Å². The Morgan fingerprint density at radius 1 is 0.886 bits per heavy atom. The van der Waals surface area contributed by atoms with Crippen molar-refractivity contribution >= 4 is 23.0 Å². The minimum atomic E-state index is -0.409. The summed E-state index contributed by atoms with van der Waals surface area (Å²) in [7, 11) is 0. The van der Waals surface area contributed by atoms with Gasteiger partial charge in [0.15, 0.2) is 0 Å². The quantitative estimate of drug-likeness (QED) is 0.308. The minimum Gasteiger partial charge on any atom is -0.300 e. The minimum absolute atomic E-state index is 0.157. The lowest BCUT2D eigenvalue weighted by Gasteiger charge is -2.38. The van der Waals surface area contributed by atoms with E-state index >= 15 is 0 Å². The van der Waals surface area contributed by atoms with Crippen LogP contribution in [0.5, 0.6) is 0 Å². The lowest BCUT2D eigenvalue weighted by Crippen LogP contribution is -2.40. The number of hydrogen-bond donors (Lipinski definition) is 0. The third-order valence-electron chi connectivity index (χ3n) is 6.33. The molecule has 1 heterocycles.